The summed E-state index contributed by atoms with van der Waals surface area (Å²) in [6, 6.07) is 4.31. The number of hydrogen-bond donors (Lipinski definition) is 2. The van der Waals surface area contributed by atoms with Gasteiger partial charge in [-0.2, -0.15) is 0 Å². The Morgan fingerprint density at radius 1 is 1.35 bits per heavy atom. The summed E-state index contributed by atoms with van der Waals surface area (Å²) in [5, 5.41) is 11.9. The van der Waals surface area contributed by atoms with Crippen molar-refractivity contribution < 1.29 is 19.5 Å². The molecular formula is C17H22N2O4. The first-order valence-corrected chi connectivity index (χ1v) is 7.88. The quantitative estimate of drug-likeness (QED) is 0.873. The molecule has 23 heavy (non-hydrogen) atoms. The van der Waals surface area contributed by atoms with Crippen molar-refractivity contribution in [3.8, 4) is 0 Å². The number of carboxylic acids is 1. The fourth-order valence-corrected chi connectivity index (χ4v) is 2.85. The summed E-state index contributed by atoms with van der Waals surface area (Å²) in [6.07, 6.45) is 2.64. The van der Waals surface area contributed by atoms with E-state index in [0.717, 1.165) is 12.8 Å². The van der Waals surface area contributed by atoms with Crippen LogP contribution in [-0.2, 0) is 9.59 Å². The van der Waals surface area contributed by atoms with E-state index in [-0.39, 0.29) is 17.4 Å². The lowest BCUT2D eigenvalue weighted by Crippen LogP contribution is -2.43. The predicted octanol–water partition coefficient (Wildman–Crippen LogP) is 2.42. The number of nitrogens with one attached hydrogen (secondary N) is 1. The van der Waals surface area contributed by atoms with Crippen LogP contribution in [-0.4, -0.2) is 40.4 Å². The van der Waals surface area contributed by atoms with E-state index >= 15 is 0 Å². The molecule has 1 unspecified atom stereocenters. The van der Waals surface area contributed by atoms with Gasteiger partial charge in [0.15, 0.2) is 0 Å². The molecule has 1 aliphatic heterocycles. The minimum absolute atomic E-state index is 0.000260. The third-order valence-electron chi connectivity index (χ3n) is 4.08. The maximum atomic E-state index is 12.4. The van der Waals surface area contributed by atoms with Crippen LogP contribution in [0.4, 0.5) is 5.69 Å². The average molecular weight is 318 g/mol. The highest BCUT2D eigenvalue weighted by molar-refractivity contribution is 5.99. The SMILES string of the molecule is CCCC(=O)N1CCCC1C(=O)Nc1ccc(C)c(C(=O)O)c1. The van der Waals surface area contributed by atoms with E-state index in [1.54, 1.807) is 24.0 Å². The number of carbonyl (C=O) groups excluding carboxylic acids is 2. The lowest BCUT2D eigenvalue weighted by molar-refractivity contribution is -0.136. The Bertz CT molecular complexity index is 627. The molecule has 6 nitrogen and oxygen atoms in total. The smallest absolute Gasteiger partial charge is 0.336 e. The topological polar surface area (TPSA) is 86.7 Å². The molecule has 6 heteroatoms. The molecule has 124 valence electrons. The van der Waals surface area contributed by atoms with Crippen LogP contribution < -0.4 is 5.32 Å². The zero-order valence-electron chi connectivity index (χ0n) is 13.5. The molecule has 0 aromatic heterocycles. The molecule has 0 radical (unpaired) electrons. The van der Waals surface area contributed by atoms with Crippen molar-refractivity contribution in [3.63, 3.8) is 0 Å². The molecule has 1 aromatic carbocycles. The first-order valence-electron chi connectivity index (χ1n) is 7.88. The largest absolute Gasteiger partial charge is 0.478 e. The molecule has 2 amide bonds. The number of benzene rings is 1. The third-order valence-corrected chi connectivity index (χ3v) is 4.08. The molecular weight excluding hydrogens is 296 g/mol. The molecule has 0 spiro atoms. The number of hydrogen-bond acceptors (Lipinski definition) is 3. The zero-order chi connectivity index (χ0) is 17.0. The van der Waals surface area contributed by atoms with Gasteiger partial charge in [0, 0.05) is 18.7 Å². The number of nitrogens with zero attached hydrogens (tertiary/aromatic N) is 1. The van der Waals surface area contributed by atoms with Gasteiger partial charge in [0.05, 0.1) is 5.56 Å². The van der Waals surface area contributed by atoms with Crippen LogP contribution in [0.2, 0.25) is 0 Å². The summed E-state index contributed by atoms with van der Waals surface area (Å²) in [5.41, 5.74) is 1.23. The van der Waals surface area contributed by atoms with Crippen molar-refractivity contribution in [2.24, 2.45) is 0 Å². The van der Waals surface area contributed by atoms with Crippen molar-refractivity contribution in [2.45, 2.75) is 45.6 Å². The van der Waals surface area contributed by atoms with Gasteiger partial charge in [-0.3, -0.25) is 9.59 Å². The van der Waals surface area contributed by atoms with Crippen LogP contribution in [0.15, 0.2) is 18.2 Å². The van der Waals surface area contributed by atoms with Gasteiger partial charge in [0.25, 0.3) is 0 Å². The summed E-state index contributed by atoms with van der Waals surface area (Å²) < 4.78 is 0. The van der Waals surface area contributed by atoms with Crippen LogP contribution in [0.3, 0.4) is 0 Å². The third kappa shape index (κ3) is 3.88. The van der Waals surface area contributed by atoms with Crippen LogP contribution in [0.25, 0.3) is 0 Å². The highest BCUT2D eigenvalue weighted by Crippen LogP contribution is 2.21. The summed E-state index contributed by atoms with van der Waals surface area (Å²) in [4.78, 5) is 37.3. The molecule has 1 saturated heterocycles. The molecule has 0 bridgehead atoms. The van der Waals surface area contributed by atoms with Crippen LogP contribution >= 0.6 is 0 Å². The van der Waals surface area contributed by atoms with Gasteiger partial charge >= 0.3 is 5.97 Å². The van der Waals surface area contributed by atoms with E-state index in [1.807, 2.05) is 6.92 Å². The second-order valence-corrected chi connectivity index (χ2v) is 5.82. The molecule has 1 aliphatic rings. The number of carbonyl (C=O) groups is 3. The Kier molecular flexibility index (Phi) is 5.36. The predicted molar refractivity (Wildman–Crippen MR) is 86.4 cm³/mol. The normalized spacial score (nSPS) is 17.1. The number of likely N-dealkylation sites (tertiary alicyclic amines) is 1. The van der Waals surface area contributed by atoms with E-state index in [2.05, 4.69) is 5.32 Å². The van der Waals surface area contributed by atoms with Crippen molar-refractivity contribution in [2.75, 3.05) is 11.9 Å². The van der Waals surface area contributed by atoms with E-state index in [0.29, 0.717) is 30.6 Å². The fourth-order valence-electron chi connectivity index (χ4n) is 2.85. The lowest BCUT2D eigenvalue weighted by atomic mass is 10.1. The molecule has 0 aliphatic carbocycles. The van der Waals surface area contributed by atoms with E-state index < -0.39 is 12.0 Å². The van der Waals surface area contributed by atoms with Gasteiger partial charge in [0.1, 0.15) is 6.04 Å². The molecule has 1 atom stereocenters. The standard InChI is InChI=1S/C17H22N2O4/c1-3-5-15(20)19-9-4-6-14(19)16(21)18-12-8-7-11(2)13(10-12)17(22)23/h7-8,10,14H,3-6,9H2,1-2H3,(H,18,21)(H,22,23). The highest BCUT2D eigenvalue weighted by Gasteiger charge is 2.33. The Morgan fingerprint density at radius 2 is 2.09 bits per heavy atom. The van der Waals surface area contributed by atoms with Crippen molar-refractivity contribution in [1.29, 1.82) is 0 Å². The maximum absolute atomic E-state index is 12.4. The van der Waals surface area contributed by atoms with Gasteiger partial charge in [-0.1, -0.05) is 13.0 Å². The summed E-state index contributed by atoms with van der Waals surface area (Å²) in [7, 11) is 0. The second kappa shape index (κ2) is 7.26. The van der Waals surface area contributed by atoms with Gasteiger partial charge < -0.3 is 15.3 Å². The zero-order valence-corrected chi connectivity index (χ0v) is 13.5. The Balaban J connectivity index is 2.11. The fraction of sp³-hybridized carbons (Fsp3) is 0.471. The molecule has 1 aromatic rings. The van der Waals surface area contributed by atoms with Crippen molar-refractivity contribution >= 4 is 23.5 Å². The minimum atomic E-state index is -1.03. The number of amides is 2. The summed E-state index contributed by atoms with van der Waals surface area (Å²) in [5.74, 6) is -1.29. The number of aryl methyl sites for hydroxylation is 1. The number of rotatable bonds is 5. The lowest BCUT2D eigenvalue weighted by Gasteiger charge is -2.24. The molecule has 1 fully saturated rings. The van der Waals surface area contributed by atoms with Gasteiger partial charge in [0.2, 0.25) is 11.8 Å². The molecule has 0 saturated carbocycles. The van der Waals surface area contributed by atoms with Gasteiger partial charge in [-0.15, -0.1) is 0 Å². The first kappa shape index (κ1) is 17.0. The van der Waals surface area contributed by atoms with Crippen LogP contribution in [0, 0.1) is 6.92 Å². The van der Waals surface area contributed by atoms with Crippen LogP contribution in [0.1, 0.15) is 48.5 Å². The summed E-state index contributed by atoms with van der Waals surface area (Å²) in [6.45, 7) is 4.24. The Hall–Kier alpha value is -2.37. The van der Waals surface area contributed by atoms with Crippen LogP contribution in [0.5, 0.6) is 0 Å². The van der Waals surface area contributed by atoms with E-state index in [1.165, 1.54) is 6.07 Å². The highest BCUT2D eigenvalue weighted by atomic mass is 16.4. The second-order valence-electron chi connectivity index (χ2n) is 5.82. The molecule has 2 N–H and O–H groups in total. The number of carboxylic acid groups (broad SMARTS) is 1. The number of anilines is 1. The van der Waals surface area contributed by atoms with E-state index in [9.17, 15) is 14.4 Å². The molecule has 1 heterocycles. The molecule has 2 rings (SSSR count). The monoisotopic (exact) mass is 318 g/mol. The Labute approximate surface area is 135 Å². The average Bonchev–Trinajstić information content (AvgIpc) is 2.99. The maximum Gasteiger partial charge on any atom is 0.336 e. The van der Waals surface area contributed by atoms with Gasteiger partial charge in [-0.25, -0.2) is 4.79 Å². The van der Waals surface area contributed by atoms with E-state index in [4.69, 9.17) is 5.11 Å². The van der Waals surface area contributed by atoms with Gasteiger partial charge in [-0.05, 0) is 43.9 Å². The van der Waals surface area contributed by atoms with Crippen molar-refractivity contribution in [3.05, 3.63) is 29.3 Å². The number of aromatic carboxylic acids is 1. The van der Waals surface area contributed by atoms with Crippen molar-refractivity contribution in [1.82, 2.24) is 4.90 Å². The first-order chi connectivity index (χ1) is 10.9. The Morgan fingerprint density at radius 3 is 2.74 bits per heavy atom. The minimum Gasteiger partial charge on any atom is -0.478 e. The summed E-state index contributed by atoms with van der Waals surface area (Å²) >= 11 is 0.